The number of benzene rings is 1. The van der Waals surface area contributed by atoms with E-state index in [1.807, 2.05) is 39.1 Å². The highest BCUT2D eigenvalue weighted by Crippen LogP contribution is 2.22. The molecule has 0 aromatic heterocycles. The normalized spacial score (nSPS) is 12.6. The molecule has 0 saturated heterocycles. The molecule has 18 heavy (non-hydrogen) atoms. The fraction of sp³-hybridized carbons (Fsp3) is 0.500. The molecular formula is C14H21BrN2O. The smallest absolute Gasteiger partial charge is 0.236 e. The average Bonchev–Trinajstić information content (AvgIpc) is 2.35. The van der Waals surface area contributed by atoms with Crippen molar-refractivity contribution in [3.05, 3.63) is 34.3 Å². The zero-order chi connectivity index (χ0) is 13.7. The Kier molecular flexibility index (Phi) is 5.82. The zero-order valence-electron chi connectivity index (χ0n) is 11.4. The summed E-state index contributed by atoms with van der Waals surface area (Å²) < 4.78 is 1.06. The van der Waals surface area contributed by atoms with E-state index in [0.29, 0.717) is 6.54 Å². The van der Waals surface area contributed by atoms with E-state index in [4.69, 9.17) is 0 Å². The number of amides is 1. The molecule has 1 N–H and O–H groups in total. The van der Waals surface area contributed by atoms with E-state index in [0.717, 1.165) is 10.0 Å². The predicted molar refractivity (Wildman–Crippen MR) is 78.5 cm³/mol. The summed E-state index contributed by atoms with van der Waals surface area (Å²) in [5.74, 6) is 0.115. The third-order valence-electron chi connectivity index (χ3n) is 3.10. The highest BCUT2D eigenvalue weighted by atomic mass is 79.9. The fourth-order valence-electron chi connectivity index (χ4n) is 1.59. The van der Waals surface area contributed by atoms with Gasteiger partial charge < -0.3 is 10.2 Å². The molecule has 3 nitrogen and oxygen atoms in total. The van der Waals surface area contributed by atoms with Crippen LogP contribution in [0.25, 0.3) is 0 Å². The van der Waals surface area contributed by atoms with Gasteiger partial charge in [0.15, 0.2) is 0 Å². The van der Waals surface area contributed by atoms with Gasteiger partial charge in [0.25, 0.3) is 0 Å². The first-order chi connectivity index (χ1) is 8.43. The van der Waals surface area contributed by atoms with Crippen molar-refractivity contribution in [1.29, 1.82) is 0 Å². The first-order valence-electron chi connectivity index (χ1n) is 6.17. The summed E-state index contributed by atoms with van der Waals surface area (Å²) in [6.07, 6.45) is 0. The van der Waals surface area contributed by atoms with Gasteiger partial charge in [-0.15, -0.1) is 0 Å². The molecule has 1 aromatic rings. The number of likely N-dealkylation sites (N-methyl/N-ethyl adjacent to an activating group) is 1. The Balaban J connectivity index is 2.54. The van der Waals surface area contributed by atoms with Crippen molar-refractivity contribution in [3.63, 3.8) is 0 Å². The molecule has 1 amide bonds. The van der Waals surface area contributed by atoms with Crippen molar-refractivity contribution in [2.24, 2.45) is 0 Å². The van der Waals surface area contributed by atoms with Crippen LogP contribution in [0.3, 0.4) is 0 Å². The fourth-order valence-corrected chi connectivity index (χ4v) is 2.22. The van der Waals surface area contributed by atoms with Crippen LogP contribution >= 0.6 is 15.9 Å². The molecule has 1 rings (SSSR count). The van der Waals surface area contributed by atoms with Gasteiger partial charge in [0, 0.05) is 23.6 Å². The molecule has 0 aliphatic heterocycles. The number of nitrogens with zero attached hydrogens (tertiary/aromatic N) is 1. The number of carbonyl (C=O) groups is 1. The van der Waals surface area contributed by atoms with Gasteiger partial charge in [-0.25, -0.2) is 0 Å². The Morgan fingerprint density at radius 3 is 2.50 bits per heavy atom. The second-order valence-electron chi connectivity index (χ2n) is 4.72. The number of halogens is 1. The highest BCUT2D eigenvalue weighted by Gasteiger charge is 2.14. The molecule has 1 aromatic carbocycles. The van der Waals surface area contributed by atoms with E-state index >= 15 is 0 Å². The Morgan fingerprint density at radius 2 is 1.94 bits per heavy atom. The molecule has 0 aliphatic rings. The van der Waals surface area contributed by atoms with Crippen LogP contribution in [0.1, 0.15) is 32.4 Å². The molecule has 0 spiro atoms. The minimum absolute atomic E-state index is 0.115. The summed E-state index contributed by atoms with van der Waals surface area (Å²) in [6, 6.07) is 8.43. The number of hydrogen-bond donors (Lipinski definition) is 1. The van der Waals surface area contributed by atoms with E-state index in [9.17, 15) is 4.79 Å². The molecule has 0 fully saturated rings. The van der Waals surface area contributed by atoms with Crippen molar-refractivity contribution < 1.29 is 4.79 Å². The number of rotatable bonds is 5. The van der Waals surface area contributed by atoms with Crippen LogP contribution in [0.2, 0.25) is 0 Å². The van der Waals surface area contributed by atoms with E-state index in [1.54, 1.807) is 4.90 Å². The molecular weight excluding hydrogens is 292 g/mol. The van der Waals surface area contributed by atoms with Gasteiger partial charge >= 0.3 is 0 Å². The molecule has 0 heterocycles. The first kappa shape index (κ1) is 15.2. The number of hydrogen-bond acceptors (Lipinski definition) is 2. The Morgan fingerprint density at radius 1 is 1.33 bits per heavy atom. The summed E-state index contributed by atoms with van der Waals surface area (Å²) in [5, 5.41) is 3.25. The predicted octanol–water partition coefficient (Wildman–Crippen LogP) is 2.97. The van der Waals surface area contributed by atoms with E-state index in [2.05, 4.69) is 34.2 Å². The minimum atomic E-state index is 0.115. The van der Waals surface area contributed by atoms with E-state index in [1.165, 1.54) is 0 Å². The van der Waals surface area contributed by atoms with E-state index in [-0.39, 0.29) is 18.0 Å². The van der Waals surface area contributed by atoms with Gasteiger partial charge in [0.05, 0.1) is 6.54 Å². The van der Waals surface area contributed by atoms with Crippen LogP contribution in [-0.2, 0) is 4.79 Å². The SMILES string of the molecule is CC(C)N(C)C(=O)CN[C@H](C)c1ccccc1Br. The van der Waals surface area contributed by atoms with Crippen molar-refractivity contribution in [1.82, 2.24) is 10.2 Å². The van der Waals surface area contributed by atoms with Crippen LogP contribution < -0.4 is 5.32 Å². The zero-order valence-corrected chi connectivity index (χ0v) is 13.0. The summed E-state index contributed by atoms with van der Waals surface area (Å²) in [4.78, 5) is 13.6. The van der Waals surface area contributed by atoms with Crippen LogP contribution in [-0.4, -0.2) is 30.4 Å². The third kappa shape index (κ3) is 4.10. The largest absolute Gasteiger partial charge is 0.342 e. The summed E-state index contributed by atoms with van der Waals surface area (Å²) in [7, 11) is 1.83. The van der Waals surface area contributed by atoms with Gasteiger partial charge in [-0.2, -0.15) is 0 Å². The van der Waals surface area contributed by atoms with Crippen molar-refractivity contribution in [2.75, 3.05) is 13.6 Å². The second-order valence-corrected chi connectivity index (χ2v) is 5.58. The summed E-state index contributed by atoms with van der Waals surface area (Å²) in [5.41, 5.74) is 1.16. The van der Waals surface area contributed by atoms with Crippen LogP contribution in [0, 0.1) is 0 Å². The maximum absolute atomic E-state index is 11.9. The summed E-state index contributed by atoms with van der Waals surface area (Å²) >= 11 is 3.52. The molecule has 0 bridgehead atoms. The Hall–Kier alpha value is -0.870. The summed E-state index contributed by atoms with van der Waals surface area (Å²) in [6.45, 7) is 6.43. The van der Waals surface area contributed by atoms with Crippen LogP contribution in [0.15, 0.2) is 28.7 Å². The maximum Gasteiger partial charge on any atom is 0.236 e. The molecule has 100 valence electrons. The molecule has 1 atom stereocenters. The lowest BCUT2D eigenvalue weighted by Crippen LogP contribution is -2.40. The average molecular weight is 313 g/mol. The van der Waals surface area contributed by atoms with Gasteiger partial charge in [-0.05, 0) is 32.4 Å². The lowest BCUT2D eigenvalue weighted by molar-refractivity contribution is -0.130. The topological polar surface area (TPSA) is 32.3 Å². The lowest BCUT2D eigenvalue weighted by atomic mass is 10.1. The molecule has 4 heteroatoms. The Bertz CT molecular complexity index is 407. The highest BCUT2D eigenvalue weighted by molar-refractivity contribution is 9.10. The standard InChI is InChI=1S/C14H21BrN2O/c1-10(2)17(4)14(18)9-16-11(3)12-7-5-6-8-13(12)15/h5-8,10-11,16H,9H2,1-4H3/t11-/m1/s1. The molecule has 0 saturated carbocycles. The van der Waals surface area contributed by atoms with Crippen molar-refractivity contribution in [3.8, 4) is 0 Å². The van der Waals surface area contributed by atoms with Gasteiger partial charge in [-0.1, -0.05) is 34.1 Å². The second kappa shape index (κ2) is 6.90. The van der Waals surface area contributed by atoms with Crippen LogP contribution in [0.5, 0.6) is 0 Å². The first-order valence-corrected chi connectivity index (χ1v) is 6.96. The third-order valence-corrected chi connectivity index (χ3v) is 3.82. The van der Waals surface area contributed by atoms with Crippen LogP contribution in [0.4, 0.5) is 0 Å². The van der Waals surface area contributed by atoms with Gasteiger partial charge in [0.1, 0.15) is 0 Å². The molecule has 0 unspecified atom stereocenters. The molecule has 0 radical (unpaired) electrons. The molecule has 0 aliphatic carbocycles. The quantitative estimate of drug-likeness (QED) is 0.906. The Labute approximate surface area is 118 Å². The maximum atomic E-state index is 11.9. The number of nitrogens with one attached hydrogen (secondary N) is 1. The van der Waals surface area contributed by atoms with Crippen molar-refractivity contribution >= 4 is 21.8 Å². The monoisotopic (exact) mass is 312 g/mol. The van der Waals surface area contributed by atoms with E-state index < -0.39 is 0 Å². The van der Waals surface area contributed by atoms with Crippen molar-refractivity contribution in [2.45, 2.75) is 32.9 Å². The lowest BCUT2D eigenvalue weighted by Gasteiger charge is -2.23. The van der Waals surface area contributed by atoms with Gasteiger partial charge in [-0.3, -0.25) is 4.79 Å². The number of carbonyl (C=O) groups excluding carboxylic acids is 1. The van der Waals surface area contributed by atoms with Gasteiger partial charge in [0.2, 0.25) is 5.91 Å². The minimum Gasteiger partial charge on any atom is -0.342 e.